The number of aliphatic hydroxyl groups excluding tert-OH is 1. The zero-order chi connectivity index (χ0) is 42.6. The minimum atomic E-state index is -0.563. The average Bonchev–Trinajstić information content (AvgIpc) is 3.24. The van der Waals surface area contributed by atoms with Gasteiger partial charge in [-0.3, -0.25) is 4.79 Å². The lowest BCUT2D eigenvalue weighted by molar-refractivity contribution is -0.154. The van der Waals surface area contributed by atoms with Gasteiger partial charge in [0, 0.05) is 13.0 Å². The molecular weight excluding hydrogens is 725 g/mol. The van der Waals surface area contributed by atoms with E-state index in [1.165, 1.54) is 103 Å². The van der Waals surface area contributed by atoms with E-state index in [2.05, 4.69) is 123 Å². The minimum absolute atomic E-state index is 0.193. The van der Waals surface area contributed by atoms with E-state index in [4.69, 9.17) is 9.47 Å². The van der Waals surface area contributed by atoms with Crippen LogP contribution in [0.2, 0.25) is 0 Å². The molecule has 0 aliphatic rings. The Kier molecular flexibility index (Phi) is 48.6. The van der Waals surface area contributed by atoms with Crippen LogP contribution in [0.1, 0.15) is 206 Å². The van der Waals surface area contributed by atoms with Crippen LogP contribution in [-0.2, 0) is 14.3 Å². The number of hydrogen-bond donors (Lipinski definition) is 1. The minimum Gasteiger partial charge on any atom is -0.457 e. The van der Waals surface area contributed by atoms with Crippen molar-refractivity contribution in [3.63, 3.8) is 0 Å². The summed E-state index contributed by atoms with van der Waals surface area (Å²) in [6.07, 6.45) is 74.5. The Labute approximate surface area is 365 Å². The first-order chi connectivity index (χ1) is 29.2. The molecule has 4 heteroatoms. The standard InChI is InChI=1S/C55H92O4/c1-3-5-7-9-11-13-15-17-19-21-23-25-27-28-29-30-32-34-36-38-40-42-44-46-48-50-55(57)59-54(52-56)53-58-51-49-47-45-43-41-39-37-35-33-31-26-24-22-20-18-16-14-12-10-8-6-4-2/h5,7,11,13,16-19,22-25,28-29,32,34,38,40,54,56H,3-4,6,8-10,12,14-15,20-21,26-27,30-31,33,35-37,39,41-53H2,1-2H3/b7-5-,13-11-,18-16-,19-17-,24-22-,25-23-,29-28-,34-32-,40-38-. The summed E-state index contributed by atoms with van der Waals surface area (Å²) in [5.74, 6) is -0.236. The van der Waals surface area contributed by atoms with Crippen molar-refractivity contribution in [1.82, 2.24) is 0 Å². The van der Waals surface area contributed by atoms with Gasteiger partial charge in [-0.15, -0.1) is 0 Å². The van der Waals surface area contributed by atoms with E-state index in [1.807, 2.05) is 0 Å². The summed E-state index contributed by atoms with van der Waals surface area (Å²) in [4.78, 5) is 12.3. The van der Waals surface area contributed by atoms with E-state index in [9.17, 15) is 9.90 Å². The highest BCUT2D eigenvalue weighted by molar-refractivity contribution is 5.69. The number of aliphatic hydroxyl groups is 1. The lowest BCUT2D eigenvalue weighted by Gasteiger charge is -2.15. The predicted octanol–water partition coefficient (Wildman–Crippen LogP) is 16.7. The average molecular weight is 817 g/mol. The molecule has 4 nitrogen and oxygen atoms in total. The van der Waals surface area contributed by atoms with E-state index in [-0.39, 0.29) is 19.2 Å². The van der Waals surface area contributed by atoms with Gasteiger partial charge in [0.15, 0.2) is 0 Å². The number of carbonyl (C=O) groups is 1. The van der Waals surface area contributed by atoms with Gasteiger partial charge >= 0.3 is 5.97 Å². The largest absolute Gasteiger partial charge is 0.457 e. The van der Waals surface area contributed by atoms with Crippen LogP contribution in [-0.4, -0.2) is 37.0 Å². The molecule has 0 saturated carbocycles. The van der Waals surface area contributed by atoms with E-state index in [1.54, 1.807) is 0 Å². The fraction of sp³-hybridized carbons (Fsp3) is 0.655. The molecule has 0 bridgehead atoms. The lowest BCUT2D eigenvalue weighted by atomic mass is 10.1. The molecule has 0 aliphatic heterocycles. The Morgan fingerprint density at radius 3 is 1.15 bits per heavy atom. The quantitative estimate of drug-likeness (QED) is 0.0378. The van der Waals surface area contributed by atoms with E-state index >= 15 is 0 Å². The highest BCUT2D eigenvalue weighted by Gasteiger charge is 2.13. The Balaban J connectivity index is 3.56. The van der Waals surface area contributed by atoms with Gasteiger partial charge in [0.2, 0.25) is 0 Å². The Morgan fingerprint density at radius 2 is 0.763 bits per heavy atom. The molecule has 59 heavy (non-hydrogen) atoms. The molecule has 0 aromatic rings. The maximum absolute atomic E-state index is 12.3. The van der Waals surface area contributed by atoms with Crippen LogP contribution in [0.25, 0.3) is 0 Å². The molecule has 0 aromatic heterocycles. The smallest absolute Gasteiger partial charge is 0.306 e. The number of carbonyl (C=O) groups excluding carboxylic acids is 1. The molecule has 0 aliphatic carbocycles. The molecule has 0 spiro atoms. The van der Waals surface area contributed by atoms with Crippen molar-refractivity contribution in [2.75, 3.05) is 19.8 Å². The molecule has 336 valence electrons. The van der Waals surface area contributed by atoms with Crippen molar-refractivity contribution >= 4 is 5.97 Å². The van der Waals surface area contributed by atoms with E-state index in [0.717, 1.165) is 83.5 Å². The number of allylic oxidation sites excluding steroid dienone is 18. The summed E-state index contributed by atoms with van der Waals surface area (Å²) >= 11 is 0. The molecule has 0 rings (SSSR count). The first-order valence-corrected chi connectivity index (χ1v) is 24.5. The second-order valence-corrected chi connectivity index (χ2v) is 15.8. The Bertz CT molecular complexity index is 1130. The number of esters is 1. The van der Waals surface area contributed by atoms with Crippen molar-refractivity contribution in [1.29, 1.82) is 0 Å². The van der Waals surface area contributed by atoms with Crippen LogP contribution in [0, 0.1) is 0 Å². The molecule has 1 unspecified atom stereocenters. The van der Waals surface area contributed by atoms with Crippen LogP contribution in [0.4, 0.5) is 0 Å². The molecule has 0 heterocycles. The first kappa shape index (κ1) is 56.0. The molecule has 1 atom stereocenters. The maximum Gasteiger partial charge on any atom is 0.306 e. The van der Waals surface area contributed by atoms with Gasteiger partial charge < -0.3 is 14.6 Å². The van der Waals surface area contributed by atoms with Crippen LogP contribution in [0.5, 0.6) is 0 Å². The van der Waals surface area contributed by atoms with Gasteiger partial charge in [0.1, 0.15) is 6.10 Å². The van der Waals surface area contributed by atoms with Gasteiger partial charge in [-0.25, -0.2) is 0 Å². The zero-order valence-corrected chi connectivity index (χ0v) is 38.5. The van der Waals surface area contributed by atoms with Crippen LogP contribution < -0.4 is 0 Å². The Morgan fingerprint density at radius 1 is 0.424 bits per heavy atom. The summed E-state index contributed by atoms with van der Waals surface area (Å²) in [5, 5.41) is 9.64. The molecule has 0 saturated heterocycles. The van der Waals surface area contributed by atoms with Crippen molar-refractivity contribution in [3.8, 4) is 0 Å². The summed E-state index contributed by atoms with van der Waals surface area (Å²) in [6, 6.07) is 0. The first-order valence-electron chi connectivity index (χ1n) is 24.5. The fourth-order valence-electron chi connectivity index (χ4n) is 6.46. The summed E-state index contributed by atoms with van der Waals surface area (Å²) in [7, 11) is 0. The number of ether oxygens (including phenoxy) is 2. The van der Waals surface area contributed by atoms with E-state index < -0.39 is 6.10 Å². The molecule has 0 fully saturated rings. The van der Waals surface area contributed by atoms with Crippen LogP contribution in [0.15, 0.2) is 109 Å². The summed E-state index contributed by atoms with van der Waals surface area (Å²) < 4.78 is 11.2. The second kappa shape index (κ2) is 51.2. The normalized spacial score (nSPS) is 13.3. The second-order valence-electron chi connectivity index (χ2n) is 15.8. The third kappa shape index (κ3) is 49.3. The number of unbranched alkanes of at least 4 members (excludes halogenated alkanes) is 18. The topological polar surface area (TPSA) is 55.8 Å². The van der Waals surface area contributed by atoms with Crippen molar-refractivity contribution < 1.29 is 19.4 Å². The molecular formula is C55H92O4. The maximum atomic E-state index is 12.3. The predicted molar refractivity (Wildman–Crippen MR) is 260 cm³/mol. The van der Waals surface area contributed by atoms with Gasteiger partial charge in [0.05, 0.1) is 13.2 Å². The Hall–Kier alpha value is -2.95. The fourth-order valence-corrected chi connectivity index (χ4v) is 6.46. The zero-order valence-electron chi connectivity index (χ0n) is 38.5. The SMILES string of the molecule is CC/C=C\C/C=C\C/C=C\C/C=C\C/C=C\C/C=C\C/C=C\CCCCCC(=O)OC(CO)COCCCCCCCCCCCC/C=C\C/C=C\CCCCCCC. The van der Waals surface area contributed by atoms with Gasteiger partial charge in [0.25, 0.3) is 0 Å². The van der Waals surface area contributed by atoms with Crippen molar-refractivity contribution in [2.24, 2.45) is 0 Å². The number of rotatable bonds is 44. The van der Waals surface area contributed by atoms with Crippen molar-refractivity contribution in [2.45, 2.75) is 213 Å². The third-order valence-electron chi connectivity index (χ3n) is 10.1. The van der Waals surface area contributed by atoms with Gasteiger partial charge in [-0.1, -0.05) is 207 Å². The highest BCUT2D eigenvalue weighted by atomic mass is 16.6. The third-order valence-corrected chi connectivity index (χ3v) is 10.1. The molecule has 0 aromatic carbocycles. The van der Waals surface area contributed by atoms with Gasteiger partial charge in [-0.2, -0.15) is 0 Å². The highest BCUT2D eigenvalue weighted by Crippen LogP contribution is 2.13. The monoisotopic (exact) mass is 817 g/mol. The summed E-state index contributed by atoms with van der Waals surface area (Å²) in [5.41, 5.74) is 0. The lowest BCUT2D eigenvalue weighted by Crippen LogP contribution is -2.27. The van der Waals surface area contributed by atoms with Gasteiger partial charge in [-0.05, 0) is 103 Å². The molecule has 0 amide bonds. The number of hydrogen-bond acceptors (Lipinski definition) is 4. The molecule has 0 radical (unpaired) electrons. The van der Waals surface area contributed by atoms with Crippen LogP contribution >= 0.6 is 0 Å². The van der Waals surface area contributed by atoms with Crippen molar-refractivity contribution in [3.05, 3.63) is 109 Å². The summed E-state index contributed by atoms with van der Waals surface area (Å²) in [6.45, 7) is 5.17. The van der Waals surface area contributed by atoms with Crippen LogP contribution in [0.3, 0.4) is 0 Å². The molecule has 1 N–H and O–H groups in total. The van der Waals surface area contributed by atoms with E-state index in [0.29, 0.717) is 13.0 Å².